The van der Waals surface area contributed by atoms with E-state index in [4.69, 9.17) is 0 Å². The second-order valence-corrected chi connectivity index (χ2v) is 8.34. The lowest BCUT2D eigenvalue weighted by Crippen LogP contribution is -2.63. The first-order valence-corrected chi connectivity index (χ1v) is 11.3. The van der Waals surface area contributed by atoms with E-state index in [1.807, 2.05) is 0 Å². The van der Waals surface area contributed by atoms with Crippen LogP contribution in [0.3, 0.4) is 0 Å². The van der Waals surface area contributed by atoms with E-state index in [-0.39, 0.29) is 0 Å². The predicted molar refractivity (Wildman–Crippen MR) is 106 cm³/mol. The normalized spacial score (nSPS) is 27.4. The Kier molecular flexibility index (Phi) is 7.59. The molecule has 0 N–H and O–H groups in total. The van der Waals surface area contributed by atoms with E-state index in [9.17, 15) is 0 Å². The molecule has 0 aromatic heterocycles. The van der Waals surface area contributed by atoms with Gasteiger partial charge in [0.05, 0.1) is 18.5 Å². The maximum Gasteiger partial charge on any atom is 0.0648 e. The molecule has 0 aromatic rings. The zero-order valence-electron chi connectivity index (χ0n) is 17.1. The Labute approximate surface area is 156 Å². The molecular weight excluding hydrogens is 308 g/mol. The van der Waals surface area contributed by atoms with Crippen molar-refractivity contribution in [2.45, 2.75) is 97.1 Å². The molecule has 3 heterocycles. The summed E-state index contributed by atoms with van der Waals surface area (Å²) in [7, 11) is 0. The predicted octanol–water partition coefficient (Wildman–Crippen LogP) is 3.78. The summed E-state index contributed by atoms with van der Waals surface area (Å²) in [6.45, 7) is 15.1. The maximum atomic E-state index is 2.97. The minimum atomic E-state index is 0.624. The highest BCUT2D eigenvalue weighted by Crippen LogP contribution is 2.30. The molecule has 3 aliphatic rings. The van der Waals surface area contributed by atoms with Crippen molar-refractivity contribution in [1.82, 2.24) is 19.6 Å². The van der Waals surface area contributed by atoms with Gasteiger partial charge in [0.2, 0.25) is 0 Å². The van der Waals surface area contributed by atoms with Crippen LogP contribution in [0.5, 0.6) is 0 Å². The Hall–Kier alpha value is -0.160. The minimum Gasteiger partial charge on any atom is -0.288 e. The van der Waals surface area contributed by atoms with Crippen molar-refractivity contribution in [3.63, 3.8) is 0 Å². The highest BCUT2D eigenvalue weighted by atomic mass is 15.5. The van der Waals surface area contributed by atoms with Gasteiger partial charge in [-0.15, -0.1) is 0 Å². The van der Waals surface area contributed by atoms with Crippen molar-refractivity contribution in [3.05, 3.63) is 0 Å². The summed E-state index contributed by atoms with van der Waals surface area (Å²) in [6.07, 6.45) is 14.0. The van der Waals surface area contributed by atoms with Crippen LogP contribution >= 0.6 is 0 Å². The molecule has 3 atom stereocenters. The van der Waals surface area contributed by atoms with E-state index in [1.54, 1.807) is 0 Å². The van der Waals surface area contributed by atoms with Crippen molar-refractivity contribution in [2.24, 2.45) is 0 Å². The van der Waals surface area contributed by atoms with Gasteiger partial charge < -0.3 is 0 Å². The lowest BCUT2D eigenvalue weighted by Gasteiger charge is -2.51. The number of rotatable bonds is 9. The van der Waals surface area contributed by atoms with Crippen LogP contribution < -0.4 is 0 Å². The monoisotopic (exact) mass is 350 g/mol. The summed E-state index contributed by atoms with van der Waals surface area (Å²) < 4.78 is 0. The molecule has 0 spiro atoms. The molecule has 3 saturated heterocycles. The molecule has 0 aromatic carbocycles. The fraction of sp³-hybridized carbons (Fsp3) is 1.00. The second-order valence-electron chi connectivity index (χ2n) is 8.34. The SMILES string of the molecule is CCC(N1CCCC1)N(C(CC)N1CCCC1)C(CC)N1CCCC1. The third kappa shape index (κ3) is 4.40. The summed E-state index contributed by atoms with van der Waals surface area (Å²) >= 11 is 0. The smallest absolute Gasteiger partial charge is 0.0648 e. The Bertz CT molecular complexity index is 313. The summed E-state index contributed by atoms with van der Waals surface area (Å²) in [5.41, 5.74) is 0. The molecule has 25 heavy (non-hydrogen) atoms. The van der Waals surface area contributed by atoms with Crippen LogP contribution in [0, 0.1) is 0 Å². The van der Waals surface area contributed by atoms with Gasteiger partial charge in [-0.05, 0) is 97.1 Å². The summed E-state index contributed by atoms with van der Waals surface area (Å²) in [5, 5.41) is 0. The number of hydrogen-bond acceptors (Lipinski definition) is 4. The molecule has 3 fully saturated rings. The largest absolute Gasteiger partial charge is 0.288 e. The average molecular weight is 351 g/mol. The summed E-state index contributed by atoms with van der Waals surface area (Å²) in [5.74, 6) is 0. The Morgan fingerprint density at radius 2 is 0.760 bits per heavy atom. The molecule has 4 heteroatoms. The van der Waals surface area contributed by atoms with Crippen LogP contribution in [0.25, 0.3) is 0 Å². The lowest BCUT2D eigenvalue weighted by atomic mass is 10.1. The van der Waals surface area contributed by atoms with Crippen molar-refractivity contribution >= 4 is 0 Å². The first-order valence-electron chi connectivity index (χ1n) is 11.3. The molecule has 0 bridgehead atoms. The van der Waals surface area contributed by atoms with Gasteiger partial charge in [0.1, 0.15) is 0 Å². The zero-order chi connectivity index (χ0) is 17.6. The molecule has 3 aliphatic heterocycles. The van der Waals surface area contributed by atoms with E-state index in [0.717, 1.165) is 0 Å². The van der Waals surface area contributed by atoms with Crippen LogP contribution in [-0.2, 0) is 0 Å². The van der Waals surface area contributed by atoms with Crippen LogP contribution in [0.2, 0.25) is 0 Å². The fourth-order valence-corrected chi connectivity index (χ4v) is 5.69. The van der Waals surface area contributed by atoms with E-state index in [2.05, 4.69) is 40.4 Å². The molecule has 3 unspecified atom stereocenters. The van der Waals surface area contributed by atoms with E-state index in [1.165, 1.54) is 97.1 Å². The molecule has 4 nitrogen and oxygen atoms in total. The Morgan fingerprint density at radius 1 is 0.520 bits per heavy atom. The Balaban J connectivity index is 1.86. The van der Waals surface area contributed by atoms with E-state index < -0.39 is 0 Å². The zero-order valence-corrected chi connectivity index (χ0v) is 17.1. The maximum absolute atomic E-state index is 2.97. The highest BCUT2D eigenvalue weighted by Gasteiger charge is 2.40. The van der Waals surface area contributed by atoms with E-state index in [0.29, 0.717) is 18.5 Å². The quantitative estimate of drug-likeness (QED) is 0.627. The number of nitrogens with zero attached hydrogens (tertiary/aromatic N) is 4. The molecule has 0 saturated carbocycles. The van der Waals surface area contributed by atoms with Crippen molar-refractivity contribution < 1.29 is 0 Å². The molecule has 0 radical (unpaired) electrons. The molecule has 146 valence electrons. The van der Waals surface area contributed by atoms with Crippen LogP contribution in [0.4, 0.5) is 0 Å². The van der Waals surface area contributed by atoms with Gasteiger partial charge in [0.15, 0.2) is 0 Å². The van der Waals surface area contributed by atoms with Gasteiger partial charge in [-0.3, -0.25) is 19.6 Å². The van der Waals surface area contributed by atoms with Crippen LogP contribution in [-0.4, -0.2) is 77.4 Å². The number of likely N-dealkylation sites (tertiary alicyclic amines) is 3. The first kappa shape index (κ1) is 19.6. The average Bonchev–Trinajstić information content (AvgIpc) is 3.40. The lowest BCUT2D eigenvalue weighted by molar-refractivity contribution is -0.108. The van der Waals surface area contributed by atoms with Crippen LogP contribution in [0.1, 0.15) is 78.6 Å². The van der Waals surface area contributed by atoms with Crippen molar-refractivity contribution in [1.29, 1.82) is 0 Å². The van der Waals surface area contributed by atoms with Gasteiger partial charge in [-0.2, -0.15) is 0 Å². The fourth-order valence-electron chi connectivity index (χ4n) is 5.69. The second kappa shape index (κ2) is 9.68. The highest BCUT2D eigenvalue weighted by molar-refractivity contribution is 4.89. The molecular formula is C21H42N4. The topological polar surface area (TPSA) is 13.0 Å². The van der Waals surface area contributed by atoms with Crippen LogP contribution in [0.15, 0.2) is 0 Å². The Morgan fingerprint density at radius 3 is 0.960 bits per heavy atom. The molecule has 0 amide bonds. The van der Waals surface area contributed by atoms with Crippen molar-refractivity contribution in [2.75, 3.05) is 39.3 Å². The number of hydrogen-bond donors (Lipinski definition) is 0. The van der Waals surface area contributed by atoms with Gasteiger partial charge in [-0.25, -0.2) is 0 Å². The van der Waals surface area contributed by atoms with Gasteiger partial charge >= 0.3 is 0 Å². The van der Waals surface area contributed by atoms with Gasteiger partial charge in [0.25, 0.3) is 0 Å². The minimum absolute atomic E-state index is 0.624. The summed E-state index contributed by atoms with van der Waals surface area (Å²) in [6, 6.07) is 0. The third-order valence-electron chi connectivity index (χ3n) is 6.81. The standard InChI is InChI=1S/C21H42N4/c1-4-19(22-13-7-8-14-22)25(20(5-2)23-15-9-10-16-23)21(6-3)24-17-11-12-18-24/h19-21H,4-18H2,1-3H3. The van der Waals surface area contributed by atoms with E-state index >= 15 is 0 Å². The molecule has 3 rings (SSSR count). The molecule has 0 aliphatic carbocycles. The first-order chi connectivity index (χ1) is 12.3. The summed E-state index contributed by atoms with van der Waals surface area (Å²) in [4.78, 5) is 11.4. The van der Waals surface area contributed by atoms with Crippen molar-refractivity contribution in [3.8, 4) is 0 Å². The van der Waals surface area contributed by atoms with Gasteiger partial charge in [0, 0.05) is 0 Å². The third-order valence-corrected chi connectivity index (χ3v) is 6.81. The van der Waals surface area contributed by atoms with Gasteiger partial charge in [-0.1, -0.05) is 20.8 Å².